The van der Waals surface area contributed by atoms with Crippen LogP contribution in [-0.2, 0) is 52.7 Å². The molecule has 23 heteroatoms. The number of likely N-dealkylation sites (N-methyl/N-ethyl adjacent to an activating group) is 7. The Balaban J connectivity index is 4.11. The van der Waals surface area contributed by atoms with Crippen LogP contribution in [0.15, 0.2) is 12.2 Å². The minimum Gasteiger partial charge on any atom is -0.390 e. The van der Waals surface area contributed by atoms with Crippen LogP contribution in [0.4, 0.5) is 0 Å². The van der Waals surface area contributed by atoms with Crippen molar-refractivity contribution in [3.63, 3.8) is 0 Å². The van der Waals surface area contributed by atoms with Gasteiger partial charge in [-0.3, -0.25) is 52.7 Å². The average molecular weight is 1100 g/mol. The summed E-state index contributed by atoms with van der Waals surface area (Å²) in [6.45, 7) is 22.6. The standard InChI is InChI=1S/C55H97N11O12/c1-22-24-25-34(11)46(69)45-49(72)58-38(23-2)51(74)61(16)29-42(68)60(15)28-41(67)59-43(32(7)8)54(77)62(17)37(14)48(71)56-35(12)47(70)57-36(13)50(73)63(18)39(26-30(3)4)52(75)64(19)40(27-31(5)6)53(76)65(20)44(33(9)10)55(78)66(45)21/h22,24,30-40,43-46,69H,23,25-29H2,1-21H3,(H,56,71)(H,57,70)(H,58,72)(H,59,67)/b24-22+/t34-,35+,36-,37+,38+,39+,40+,43+,44+,45+,46-/m1/s1. The molecule has 0 aromatic carbocycles. The summed E-state index contributed by atoms with van der Waals surface area (Å²) in [6.07, 6.45) is 2.73. The third-order valence-electron chi connectivity index (χ3n) is 14.5. The first-order valence-electron chi connectivity index (χ1n) is 27.3. The molecule has 0 aliphatic carbocycles. The van der Waals surface area contributed by atoms with Crippen LogP contribution in [0.2, 0.25) is 0 Å². The Morgan fingerprint density at radius 3 is 1.49 bits per heavy atom. The Morgan fingerprint density at radius 1 is 0.526 bits per heavy atom. The van der Waals surface area contributed by atoms with E-state index in [1.807, 2.05) is 27.7 Å². The average Bonchev–Trinajstić information content (AvgIpc) is 3.36. The second kappa shape index (κ2) is 31.5. The summed E-state index contributed by atoms with van der Waals surface area (Å²) in [5.41, 5.74) is 0. The van der Waals surface area contributed by atoms with Crippen molar-refractivity contribution in [2.45, 2.75) is 183 Å². The molecule has 11 amide bonds. The highest BCUT2D eigenvalue weighted by molar-refractivity contribution is 5.99. The van der Waals surface area contributed by atoms with Gasteiger partial charge < -0.3 is 60.7 Å². The Kier molecular flexibility index (Phi) is 28.2. The molecule has 1 aliphatic rings. The second-order valence-electron chi connectivity index (χ2n) is 22.8. The number of amides is 11. The summed E-state index contributed by atoms with van der Waals surface area (Å²) in [4.78, 5) is 164. The van der Waals surface area contributed by atoms with E-state index in [1.165, 1.54) is 84.8 Å². The topological polar surface area (TPSA) is 279 Å². The molecule has 1 rings (SSSR count). The molecule has 1 saturated heterocycles. The van der Waals surface area contributed by atoms with Gasteiger partial charge in [-0.15, -0.1) is 0 Å². The summed E-state index contributed by atoms with van der Waals surface area (Å²) in [6, 6.07) is -11.1. The number of aliphatic hydroxyl groups excluding tert-OH is 1. The van der Waals surface area contributed by atoms with Crippen LogP contribution in [-0.4, -0.2) is 227 Å². The largest absolute Gasteiger partial charge is 0.390 e. The molecule has 1 aliphatic heterocycles. The molecule has 5 N–H and O–H groups in total. The number of hydrogen-bond acceptors (Lipinski definition) is 12. The maximum Gasteiger partial charge on any atom is 0.246 e. The van der Waals surface area contributed by atoms with E-state index in [4.69, 9.17) is 0 Å². The first-order valence-corrected chi connectivity index (χ1v) is 27.3. The molecule has 11 atom stereocenters. The normalized spacial score (nSPS) is 27.1. The maximum absolute atomic E-state index is 15.0. The van der Waals surface area contributed by atoms with E-state index in [0.717, 1.165) is 19.6 Å². The summed E-state index contributed by atoms with van der Waals surface area (Å²) < 4.78 is 0. The van der Waals surface area contributed by atoms with Gasteiger partial charge in [0.25, 0.3) is 0 Å². The van der Waals surface area contributed by atoms with Crippen molar-refractivity contribution in [1.29, 1.82) is 0 Å². The number of nitrogens with one attached hydrogen (secondary N) is 4. The van der Waals surface area contributed by atoms with E-state index < -0.39 is 156 Å². The number of hydrogen-bond donors (Lipinski definition) is 5. The van der Waals surface area contributed by atoms with Crippen molar-refractivity contribution >= 4 is 65.0 Å². The van der Waals surface area contributed by atoms with Crippen molar-refractivity contribution < 1.29 is 57.8 Å². The lowest BCUT2D eigenvalue weighted by molar-refractivity contribution is -0.157. The van der Waals surface area contributed by atoms with Gasteiger partial charge in [-0.2, -0.15) is 0 Å². The van der Waals surface area contributed by atoms with Gasteiger partial charge in [-0.05, 0) is 83.0 Å². The van der Waals surface area contributed by atoms with Gasteiger partial charge in [0.15, 0.2) is 0 Å². The Labute approximate surface area is 464 Å². The minimum absolute atomic E-state index is 0.0275. The van der Waals surface area contributed by atoms with Gasteiger partial charge >= 0.3 is 0 Å². The van der Waals surface area contributed by atoms with Crippen LogP contribution >= 0.6 is 0 Å². The fraction of sp³-hybridized carbons (Fsp3) is 0.764. The summed E-state index contributed by atoms with van der Waals surface area (Å²) in [5, 5.41) is 22.5. The number of allylic oxidation sites excluding steroid dienone is 2. The molecule has 23 nitrogen and oxygen atoms in total. The highest BCUT2D eigenvalue weighted by Crippen LogP contribution is 2.25. The van der Waals surface area contributed by atoms with E-state index in [1.54, 1.807) is 60.6 Å². The van der Waals surface area contributed by atoms with E-state index in [9.17, 15) is 57.8 Å². The highest BCUT2D eigenvalue weighted by atomic mass is 16.3. The number of aliphatic hydroxyl groups is 1. The summed E-state index contributed by atoms with van der Waals surface area (Å²) in [5.74, 6) is -9.60. The first-order chi connectivity index (χ1) is 36.0. The number of nitrogens with zero attached hydrogens (tertiary/aromatic N) is 7. The van der Waals surface area contributed by atoms with Crippen molar-refractivity contribution in [2.75, 3.05) is 62.4 Å². The lowest BCUT2D eigenvalue weighted by atomic mass is 9.91. The van der Waals surface area contributed by atoms with Crippen LogP contribution in [0.5, 0.6) is 0 Å². The van der Waals surface area contributed by atoms with Gasteiger partial charge in [0.05, 0.1) is 19.2 Å². The molecular formula is C55H97N11O12. The molecule has 1 fully saturated rings. The van der Waals surface area contributed by atoms with Crippen LogP contribution in [0.3, 0.4) is 0 Å². The maximum atomic E-state index is 15.0. The molecular weight excluding hydrogens is 1010 g/mol. The van der Waals surface area contributed by atoms with E-state index >= 15 is 0 Å². The number of carbonyl (C=O) groups excluding carboxylic acids is 11. The van der Waals surface area contributed by atoms with Gasteiger partial charge in [-0.25, -0.2) is 0 Å². The lowest BCUT2D eigenvalue weighted by Crippen LogP contribution is -2.63. The number of carbonyl (C=O) groups is 11. The van der Waals surface area contributed by atoms with Crippen molar-refractivity contribution in [3.8, 4) is 0 Å². The molecule has 0 unspecified atom stereocenters. The quantitative estimate of drug-likeness (QED) is 0.180. The molecule has 444 valence electrons. The zero-order chi connectivity index (χ0) is 60.5. The molecule has 0 aromatic heterocycles. The van der Waals surface area contributed by atoms with Gasteiger partial charge in [0.1, 0.15) is 54.4 Å². The summed E-state index contributed by atoms with van der Waals surface area (Å²) >= 11 is 0. The predicted molar refractivity (Wildman–Crippen MR) is 296 cm³/mol. The van der Waals surface area contributed by atoms with Crippen LogP contribution < -0.4 is 21.3 Å². The molecule has 0 bridgehead atoms. The fourth-order valence-corrected chi connectivity index (χ4v) is 9.25. The Morgan fingerprint density at radius 2 is 1.01 bits per heavy atom. The molecule has 0 radical (unpaired) electrons. The van der Waals surface area contributed by atoms with Crippen LogP contribution in [0.1, 0.15) is 123 Å². The highest BCUT2D eigenvalue weighted by Gasteiger charge is 2.45. The Hall–Kier alpha value is -6.13. The lowest BCUT2D eigenvalue weighted by Gasteiger charge is -2.41. The van der Waals surface area contributed by atoms with Crippen molar-refractivity contribution in [3.05, 3.63) is 12.2 Å². The van der Waals surface area contributed by atoms with Crippen LogP contribution in [0, 0.1) is 29.6 Å². The van der Waals surface area contributed by atoms with Crippen molar-refractivity contribution in [1.82, 2.24) is 55.6 Å². The smallest absolute Gasteiger partial charge is 0.246 e. The molecule has 0 aromatic rings. The zero-order valence-electron chi connectivity index (χ0n) is 50.6. The molecule has 0 spiro atoms. The minimum atomic E-state index is -1.60. The fourth-order valence-electron chi connectivity index (χ4n) is 9.25. The van der Waals surface area contributed by atoms with E-state index in [0.29, 0.717) is 6.42 Å². The molecule has 0 saturated carbocycles. The number of rotatable bonds is 11. The Bertz CT molecular complexity index is 2150. The van der Waals surface area contributed by atoms with E-state index in [-0.39, 0.29) is 31.1 Å². The van der Waals surface area contributed by atoms with Gasteiger partial charge in [0.2, 0.25) is 65.0 Å². The SMILES string of the molecule is C/C=C/C[C@@H](C)[C@@H](O)[C@H]1C(=O)N[C@@H](CC)C(=O)N(C)CC(=O)N(C)CC(=O)N[C@@H](C(C)C)C(=O)N(C)[C@@H](C)C(=O)N[C@@H](C)C(=O)N[C@H](C)C(=O)N(C)[C@@H](CC(C)C)C(=O)N(C)[C@@H](CC(C)C)C(=O)N(C)[C@@H](C(C)C)C(=O)N1C. The van der Waals surface area contributed by atoms with Gasteiger partial charge in [0, 0.05) is 49.3 Å². The predicted octanol–water partition coefficient (Wildman–Crippen LogP) is 0.828. The molecule has 1 heterocycles. The zero-order valence-corrected chi connectivity index (χ0v) is 50.6. The third kappa shape index (κ3) is 19.1. The molecule has 78 heavy (non-hydrogen) atoms. The third-order valence-corrected chi connectivity index (χ3v) is 14.5. The summed E-state index contributed by atoms with van der Waals surface area (Å²) in [7, 11) is 9.68. The monoisotopic (exact) mass is 1100 g/mol. The van der Waals surface area contributed by atoms with E-state index in [2.05, 4.69) is 21.3 Å². The first kappa shape index (κ1) is 69.9. The van der Waals surface area contributed by atoms with Gasteiger partial charge in [-0.1, -0.05) is 81.4 Å². The second-order valence-corrected chi connectivity index (χ2v) is 22.8. The van der Waals surface area contributed by atoms with Crippen LogP contribution in [0.25, 0.3) is 0 Å². The van der Waals surface area contributed by atoms with Crippen molar-refractivity contribution in [2.24, 2.45) is 29.6 Å².